The summed E-state index contributed by atoms with van der Waals surface area (Å²) in [6, 6.07) is 2.87. The van der Waals surface area contributed by atoms with Crippen molar-refractivity contribution >= 4 is 0 Å². The Morgan fingerprint density at radius 1 is 1.30 bits per heavy atom. The molecule has 0 aliphatic rings. The summed E-state index contributed by atoms with van der Waals surface area (Å²) in [5.74, 6) is 4.37. The second-order valence-corrected chi connectivity index (χ2v) is 4.31. The van der Waals surface area contributed by atoms with Gasteiger partial charge >= 0.3 is 6.18 Å². The van der Waals surface area contributed by atoms with Crippen molar-refractivity contribution in [2.24, 2.45) is 0 Å². The summed E-state index contributed by atoms with van der Waals surface area (Å²) >= 11 is 0. The lowest BCUT2D eigenvalue weighted by Crippen LogP contribution is -2.21. The van der Waals surface area contributed by atoms with E-state index in [1.807, 2.05) is 6.92 Å². The number of rotatable bonds is 5. The van der Waals surface area contributed by atoms with Gasteiger partial charge in [0.1, 0.15) is 5.82 Å². The first-order chi connectivity index (χ1) is 9.40. The molecule has 1 aromatic rings. The van der Waals surface area contributed by atoms with Gasteiger partial charge in [-0.1, -0.05) is 13.0 Å². The minimum absolute atomic E-state index is 0.262. The van der Waals surface area contributed by atoms with Crippen LogP contribution in [-0.4, -0.2) is 6.54 Å². The molecule has 0 aliphatic carbocycles. The normalized spacial score (nSPS) is 12.7. The highest BCUT2D eigenvalue weighted by molar-refractivity contribution is 5.29. The van der Waals surface area contributed by atoms with Crippen LogP contribution in [0.25, 0.3) is 0 Å². The molecule has 0 aromatic heterocycles. The van der Waals surface area contributed by atoms with Crippen molar-refractivity contribution < 1.29 is 17.6 Å². The smallest absolute Gasteiger partial charge is 0.310 e. The maximum atomic E-state index is 13.3. The zero-order valence-corrected chi connectivity index (χ0v) is 11.4. The van der Waals surface area contributed by atoms with Gasteiger partial charge in [-0.15, -0.1) is 11.8 Å². The molecule has 110 valence electrons. The molecule has 0 fully saturated rings. The highest BCUT2D eigenvalue weighted by Gasteiger charge is 2.34. The first-order valence-corrected chi connectivity index (χ1v) is 6.39. The van der Waals surface area contributed by atoms with Gasteiger partial charge in [0, 0.05) is 12.5 Å². The number of hydrogen-bond acceptors (Lipinski definition) is 1. The average molecular weight is 287 g/mol. The summed E-state index contributed by atoms with van der Waals surface area (Å²) in [4.78, 5) is 0. The number of hydrogen-bond donors (Lipinski definition) is 1. The molecule has 1 nitrogen and oxygen atoms in total. The lowest BCUT2D eigenvalue weighted by atomic mass is 9.99. The van der Waals surface area contributed by atoms with E-state index in [0.717, 1.165) is 12.1 Å². The van der Waals surface area contributed by atoms with Gasteiger partial charge in [-0.05, 0) is 37.6 Å². The van der Waals surface area contributed by atoms with Gasteiger partial charge in [0.2, 0.25) is 0 Å². The van der Waals surface area contributed by atoms with Crippen LogP contribution in [0.4, 0.5) is 17.6 Å². The van der Waals surface area contributed by atoms with E-state index in [1.54, 1.807) is 6.92 Å². The molecule has 0 bridgehead atoms. The van der Waals surface area contributed by atoms with Crippen molar-refractivity contribution in [3.8, 4) is 11.8 Å². The van der Waals surface area contributed by atoms with Crippen LogP contribution < -0.4 is 5.32 Å². The number of nitrogens with one attached hydrogen (secondary N) is 1. The molecule has 5 heteroatoms. The van der Waals surface area contributed by atoms with E-state index in [1.165, 1.54) is 6.07 Å². The summed E-state index contributed by atoms with van der Waals surface area (Å²) in [7, 11) is 0. The Labute approximate surface area is 116 Å². The third-order valence-electron chi connectivity index (χ3n) is 2.88. The van der Waals surface area contributed by atoms with E-state index < -0.39 is 17.6 Å². The summed E-state index contributed by atoms with van der Waals surface area (Å²) < 4.78 is 51.4. The van der Waals surface area contributed by atoms with E-state index in [9.17, 15) is 17.6 Å². The molecule has 1 aromatic carbocycles. The van der Waals surface area contributed by atoms with Crippen molar-refractivity contribution in [1.29, 1.82) is 0 Å². The Balaban J connectivity index is 3.03. The van der Waals surface area contributed by atoms with Crippen molar-refractivity contribution in [3.63, 3.8) is 0 Å². The minimum Gasteiger partial charge on any atom is -0.310 e. The zero-order valence-electron chi connectivity index (χ0n) is 11.4. The quantitative estimate of drug-likeness (QED) is 0.629. The maximum absolute atomic E-state index is 13.3. The fourth-order valence-electron chi connectivity index (χ4n) is 1.95. The highest BCUT2D eigenvalue weighted by atomic mass is 19.4. The Hall–Kier alpha value is -1.54. The van der Waals surface area contributed by atoms with Gasteiger partial charge in [-0.3, -0.25) is 0 Å². The second-order valence-electron chi connectivity index (χ2n) is 4.31. The third-order valence-corrected chi connectivity index (χ3v) is 2.88. The summed E-state index contributed by atoms with van der Waals surface area (Å²) in [6.45, 7) is 4.19. The van der Waals surface area contributed by atoms with Crippen LogP contribution >= 0.6 is 0 Å². The monoisotopic (exact) mass is 287 g/mol. The molecule has 1 unspecified atom stereocenters. The van der Waals surface area contributed by atoms with Crippen LogP contribution in [0, 0.1) is 17.7 Å². The molecule has 0 aliphatic heterocycles. The van der Waals surface area contributed by atoms with Crippen LogP contribution in [0.2, 0.25) is 0 Å². The Morgan fingerprint density at radius 2 is 2.00 bits per heavy atom. The molecular weight excluding hydrogens is 270 g/mol. The van der Waals surface area contributed by atoms with Gasteiger partial charge < -0.3 is 5.32 Å². The largest absolute Gasteiger partial charge is 0.419 e. The molecular formula is C15H17F4N. The predicted octanol–water partition coefficient (Wildman–Crippen LogP) is 4.30. The van der Waals surface area contributed by atoms with E-state index in [-0.39, 0.29) is 6.04 Å². The SMILES string of the molecule is CC#CCCC(NCC)c1ccc(F)c(C(F)(F)F)c1. The summed E-state index contributed by atoms with van der Waals surface area (Å²) in [5.41, 5.74) is -0.794. The number of halogens is 4. The topological polar surface area (TPSA) is 12.0 Å². The van der Waals surface area contributed by atoms with Crippen LogP contribution in [0.1, 0.15) is 43.9 Å². The lowest BCUT2D eigenvalue weighted by molar-refractivity contribution is -0.140. The van der Waals surface area contributed by atoms with Gasteiger partial charge in [-0.25, -0.2) is 4.39 Å². The molecule has 0 heterocycles. The Bertz CT molecular complexity index is 497. The molecule has 0 saturated heterocycles. The van der Waals surface area contributed by atoms with Crippen molar-refractivity contribution in [1.82, 2.24) is 5.32 Å². The number of benzene rings is 1. The third kappa shape index (κ3) is 4.53. The van der Waals surface area contributed by atoms with Gasteiger partial charge in [0.15, 0.2) is 0 Å². The van der Waals surface area contributed by atoms with Crippen LogP contribution in [0.3, 0.4) is 0 Å². The van der Waals surface area contributed by atoms with Crippen LogP contribution in [-0.2, 0) is 6.18 Å². The van der Waals surface area contributed by atoms with E-state index in [2.05, 4.69) is 17.2 Å². The molecule has 1 atom stereocenters. The minimum atomic E-state index is -4.68. The van der Waals surface area contributed by atoms with Crippen LogP contribution in [0.15, 0.2) is 18.2 Å². The molecule has 0 spiro atoms. The zero-order chi connectivity index (χ0) is 15.2. The van der Waals surface area contributed by atoms with E-state index in [0.29, 0.717) is 24.9 Å². The van der Waals surface area contributed by atoms with Gasteiger partial charge in [0.05, 0.1) is 5.56 Å². The van der Waals surface area contributed by atoms with Crippen LogP contribution in [0.5, 0.6) is 0 Å². The van der Waals surface area contributed by atoms with Crippen molar-refractivity contribution in [2.75, 3.05) is 6.54 Å². The average Bonchev–Trinajstić information content (AvgIpc) is 2.37. The molecule has 1 N–H and O–H groups in total. The molecule has 20 heavy (non-hydrogen) atoms. The first kappa shape index (κ1) is 16.5. The predicted molar refractivity (Wildman–Crippen MR) is 70.5 cm³/mol. The molecule has 1 rings (SSSR count). The Kier molecular flexibility index (Phi) is 6.03. The van der Waals surface area contributed by atoms with E-state index in [4.69, 9.17) is 0 Å². The fourth-order valence-corrected chi connectivity index (χ4v) is 1.95. The molecule has 0 saturated carbocycles. The molecule has 0 radical (unpaired) electrons. The fraction of sp³-hybridized carbons (Fsp3) is 0.467. The summed E-state index contributed by atoms with van der Waals surface area (Å²) in [6.07, 6.45) is -3.52. The standard InChI is InChI=1S/C15H17F4N/c1-3-5-6-7-14(20-4-2)11-8-9-13(16)12(10-11)15(17,18)19/h8-10,14,20H,4,6-7H2,1-2H3. The van der Waals surface area contributed by atoms with Gasteiger partial charge in [-0.2, -0.15) is 13.2 Å². The highest BCUT2D eigenvalue weighted by Crippen LogP contribution is 2.33. The van der Waals surface area contributed by atoms with E-state index >= 15 is 0 Å². The van der Waals surface area contributed by atoms with Crippen molar-refractivity contribution in [2.45, 2.75) is 38.9 Å². The Morgan fingerprint density at radius 3 is 2.55 bits per heavy atom. The van der Waals surface area contributed by atoms with Crippen molar-refractivity contribution in [3.05, 3.63) is 35.1 Å². The lowest BCUT2D eigenvalue weighted by Gasteiger charge is -2.19. The van der Waals surface area contributed by atoms with Gasteiger partial charge in [0.25, 0.3) is 0 Å². The number of alkyl halides is 3. The maximum Gasteiger partial charge on any atom is 0.419 e. The molecule has 0 amide bonds. The first-order valence-electron chi connectivity index (χ1n) is 6.39. The summed E-state index contributed by atoms with van der Waals surface area (Å²) in [5, 5.41) is 3.10. The second kappa shape index (κ2) is 7.30.